The van der Waals surface area contributed by atoms with Crippen molar-refractivity contribution in [2.24, 2.45) is 0 Å². The highest BCUT2D eigenvalue weighted by atomic mass is 16.6. The molecule has 12 N–H and O–H groups in total. The van der Waals surface area contributed by atoms with Crippen LogP contribution >= 0.6 is 0 Å². The zero-order chi connectivity index (χ0) is 69.6. The van der Waals surface area contributed by atoms with Crippen molar-refractivity contribution in [2.45, 2.75) is 13.8 Å². The van der Waals surface area contributed by atoms with E-state index < -0.39 is 45.7 Å². The van der Waals surface area contributed by atoms with Crippen molar-refractivity contribution >= 4 is 149 Å². The summed E-state index contributed by atoms with van der Waals surface area (Å²) in [6.07, 6.45) is 25.7. The van der Waals surface area contributed by atoms with Crippen molar-refractivity contribution in [3.05, 3.63) is 259 Å². The molecule has 6 aromatic heterocycles. The number of aryl methyl sites for hydroxylation is 2. The Hall–Kier alpha value is -14.4. The van der Waals surface area contributed by atoms with Gasteiger partial charge in [0.1, 0.15) is 0 Å². The second-order valence-electron chi connectivity index (χ2n) is 20.3. The third-order valence-electron chi connectivity index (χ3n) is 13.7. The molecule has 0 radical (unpaired) electrons. The van der Waals surface area contributed by atoms with E-state index in [2.05, 4.69) is 29.9 Å². The lowest BCUT2D eigenvalue weighted by Gasteiger charge is -1.94. The van der Waals surface area contributed by atoms with Gasteiger partial charge >= 0.3 is 35.8 Å². The monoisotopic (exact) mass is 1290 g/mol. The van der Waals surface area contributed by atoms with Crippen molar-refractivity contribution < 1.29 is 69.3 Å². The first-order valence-corrected chi connectivity index (χ1v) is 28.0. The van der Waals surface area contributed by atoms with Crippen LogP contribution in [0.15, 0.2) is 183 Å². The summed E-state index contributed by atoms with van der Waals surface area (Å²) in [5.74, 6) is -5.95. The van der Waals surface area contributed by atoms with Crippen LogP contribution < -0.4 is 0 Å². The molecule has 0 aliphatic rings. The van der Waals surface area contributed by atoms with Crippen molar-refractivity contribution in [2.75, 3.05) is 0 Å². The Kier molecular flexibility index (Phi) is 23.3. The molecule has 0 aliphatic heterocycles. The second kappa shape index (κ2) is 32.4. The second-order valence-corrected chi connectivity index (χ2v) is 20.3. The largest absolute Gasteiger partial charge is 0.478 e. The Morgan fingerprint density at radius 3 is 1.02 bits per heavy atom. The van der Waals surface area contributed by atoms with Gasteiger partial charge < -0.3 is 60.5 Å². The molecule has 96 heavy (non-hydrogen) atoms. The lowest BCUT2D eigenvalue weighted by Crippen LogP contribution is -1.87. The van der Waals surface area contributed by atoms with Crippen LogP contribution in [-0.4, -0.2) is 106 Å². The van der Waals surface area contributed by atoms with Crippen LogP contribution in [0.5, 0.6) is 0 Å². The Bertz CT molecular complexity index is 5240. The van der Waals surface area contributed by atoms with Gasteiger partial charge in [-0.15, -0.1) is 0 Å². The van der Waals surface area contributed by atoms with Crippen molar-refractivity contribution in [1.82, 2.24) is 29.9 Å². The molecule has 0 amide bonds. The van der Waals surface area contributed by atoms with E-state index in [1.807, 2.05) is 74.8 Å². The normalized spacial score (nSPS) is 11.0. The van der Waals surface area contributed by atoms with Crippen LogP contribution in [0.3, 0.4) is 0 Å². The summed E-state index contributed by atoms with van der Waals surface area (Å²) in [5.41, 5.74) is 13.1. The number of nitrogens with zero attached hydrogens (tertiary/aromatic N) is 4. The Morgan fingerprint density at radius 2 is 0.615 bits per heavy atom. The van der Waals surface area contributed by atoms with Gasteiger partial charge in [0.15, 0.2) is 0 Å². The van der Waals surface area contributed by atoms with Gasteiger partial charge in [0, 0.05) is 191 Å². The van der Waals surface area contributed by atoms with E-state index in [0.29, 0.717) is 33.2 Å². The van der Waals surface area contributed by atoms with Crippen LogP contribution in [0.25, 0.3) is 102 Å². The standard InChI is InChI=1S/2C12H8N2O2.2C12H11NO2.2C11H8N2O4/c13-6-8-1-3-11-10(5-8)9(7-14-11)2-4-12(15)16;13-6-8-1-3-10-9(2-4-12(15)16)7-14-11(10)5-8;1-8-2-4-11-10(6-8)9(7-13-11)3-5-12(14)15;1-8-2-4-10-9(3-5-12(14)15)7-13-11(10)6-8;14-11(15)4-1-7-6-12-10-3-2-8(13(16)17)5-9(7)10;14-11(15)4-1-7-6-12-10-5-8(13(16)17)2-3-9(7)10/h2*1-5,7,14H,(H,15,16);2*2-7,13H,1H3,(H,14,15);2*1-6,12H,(H,14,15)/b2*4-2+;2*5-3+;2*4-1+. The van der Waals surface area contributed by atoms with Crippen LogP contribution in [0.4, 0.5) is 11.4 Å². The average Bonchev–Trinajstić information content (AvgIpc) is 1.89. The zero-order valence-corrected chi connectivity index (χ0v) is 50.3. The summed E-state index contributed by atoms with van der Waals surface area (Å²) in [4.78, 5) is 101. The first kappa shape index (κ1) is 69.1. The number of aromatic nitrogens is 6. The predicted molar refractivity (Wildman–Crippen MR) is 362 cm³/mol. The Balaban J connectivity index is 0.000000163. The first-order valence-electron chi connectivity index (χ1n) is 28.0. The number of carbonyl (C=O) groups is 6. The molecule has 0 aliphatic carbocycles. The van der Waals surface area contributed by atoms with Gasteiger partial charge in [-0.2, -0.15) is 10.5 Å². The Labute approximate surface area is 541 Å². The van der Waals surface area contributed by atoms with Gasteiger partial charge in [-0.3, -0.25) is 20.2 Å². The smallest absolute Gasteiger partial charge is 0.328 e. The van der Waals surface area contributed by atoms with Crippen LogP contribution in [0.1, 0.15) is 55.6 Å². The molecular weight excluding hydrogens is 1240 g/mol. The first-order chi connectivity index (χ1) is 45.9. The van der Waals surface area contributed by atoms with E-state index >= 15 is 0 Å². The third-order valence-corrected chi connectivity index (χ3v) is 13.7. The summed E-state index contributed by atoms with van der Waals surface area (Å²) in [5, 5.41) is 95.1. The van der Waals surface area contributed by atoms with Gasteiger partial charge in [0.25, 0.3) is 11.4 Å². The minimum atomic E-state index is -1.07. The molecule has 0 atom stereocenters. The molecule has 12 aromatic rings. The molecule has 480 valence electrons. The number of hydrogen-bond acceptors (Lipinski definition) is 12. The molecule has 6 heterocycles. The maximum absolute atomic E-state index is 10.6. The topological polar surface area (TPSA) is 452 Å². The molecule has 0 bridgehead atoms. The number of nitro benzene ring substituents is 2. The highest BCUT2D eigenvalue weighted by molar-refractivity contribution is 5.99. The predicted octanol–water partition coefficient (Wildman–Crippen LogP) is 13.8. The SMILES string of the molecule is Cc1ccc2[nH]cc(/C=C/C(=O)O)c2c1.Cc1ccc2c(/C=C/C(=O)O)c[nH]c2c1.N#Cc1ccc2[nH]cc(/C=C/C(=O)O)c2c1.N#Cc1ccc2c(/C=C/C(=O)O)c[nH]c2c1.O=C(O)/C=C/c1c[nH]c2cc([N+](=O)[O-])ccc12.O=C(O)/C=C/c1c[nH]c2ccc([N+](=O)[O-])cc12. The summed E-state index contributed by atoms with van der Waals surface area (Å²) >= 11 is 0. The number of rotatable bonds is 14. The fourth-order valence-electron chi connectivity index (χ4n) is 9.24. The zero-order valence-electron chi connectivity index (χ0n) is 50.3. The molecule has 0 saturated carbocycles. The van der Waals surface area contributed by atoms with E-state index in [-0.39, 0.29) is 11.4 Å². The number of hydrogen-bond donors (Lipinski definition) is 12. The van der Waals surface area contributed by atoms with Gasteiger partial charge in [0.2, 0.25) is 0 Å². The number of benzene rings is 6. The number of carboxylic acid groups (broad SMARTS) is 6. The maximum atomic E-state index is 10.6. The number of aromatic amines is 6. The van der Waals surface area contributed by atoms with Crippen LogP contribution in [-0.2, 0) is 28.8 Å². The van der Waals surface area contributed by atoms with E-state index in [0.717, 1.165) is 119 Å². The minimum Gasteiger partial charge on any atom is -0.478 e. The highest BCUT2D eigenvalue weighted by Crippen LogP contribution is 2.28. The molecular formula is C70H54N10O16. The quantitative estimate of drug-likeness (QED) is 0.0273. The maximum Gasteiger partial charge on any atom is 0.328 e. The molecule has 26 heteroatoms. The molecule has 0 saturated heterocycles. The van der Waals surface area contributed by atoms with E-state index in [9.17, 15) is 49.0 Å². The lowest BCUT2D eigenvalue weighted by molar-refractivity contribution is -0.384. The average molecular weight is 1290 g/mol. The van der Waals surface area contributed by atoms with E-state index in [4.69, 9.17) is 41.2 Å². The molecule has 0 unspecified atom stereocenters. The van der Waals surface area contributed by atoms with Crippen LogP contribution in [0.2, 0.25) is 0 Å². The number of H-pyrrole nitrogens is 6. The van der Waals surface area contributed by atoms with Crippen molar-refractivity contribution in [3.8, 4) is 12.1 Å². The molecule has 6 aromatic carbocycles. The fraction of sp³-hybridized carbons (Fsp3) is 0.0286. The van der Waals surface area contributed by atoms with Gasteiger partial charge in [-0.1, -0.05) is 29.8 Å². The number of nitriles is 2. The Morgan fingerprint density at radius 1 is 0.344 bits per heavy atom. The number of nitro groups is 2. The number of fused-ring (bicyclic) bond motifs is 6. The minimum absolute atomic E-state index is 0.00638. The fourth-order valence-corrected chi connectivity index (χ4v) is 9.24. The summed E-state index contributed by atoms with van der Waals surface area (Å²) in [6, 6.07) is 35.4. The lowest BCUT2D eigenvalue weighted by atomic mass is 10.1. The highest BCUT2D eigenvalue weighted by Gasteiger charge is 2.12. The molecule has 0 fully saturated rings. The van der Waals surface area contributed by atoms with Gasteiger partial charge in [0.05, 0.1) is 38.6 Å². The number of carboxylic acids is 6. The molecule has 12 rings (SSSR count). The van der Waals surface area contributed by atoms with Gasteiger partial charge in [-0.25, -0.2) is 28.8 Å². The molecule has 26 nitrogen and oxygen atoms in total. The number of non-ortho nitro benzene ring substituents is 2. The molecule has 0 spiro atoms. The van der Waals surface area contributed by atoms with Crippen LogP contribution in [0, 0.1) is 56.7 Å². The van der Waals surface area contributed by atoms with Crippen molar-refractivity contribution in [1.29, 1.82) is 10.5 Å². The third kappa shape index (κ3) is 19.3. The summed E-state index contributed by atoms with van der Waals surface area (Å²) < 4.78 is 0. The number of aliphatic carboxylic acids is 6. The number of nitrogens with one attached hydrogen (secondary N) is 6. The summed E-state index contributed by atoms with van der Waals surface area (Å²) in [7, 11) is 0. The van der Waals surface area contributed by atoms with Gasteiger partial charge in [-0.05, 0) is 117 Å². The van der Waals surface area contributed by atoms with E-state index in [1.165, 1.54) is 54.1 Å². The van der Waals surface area contributed by atoms with E-state index in [1.54, 1.807) is 85.5 Å². The summed E-state index contributed by atoms with van der Waals surface area (Å²) in [6.45, 7) is 4.03. The van der Waals surface area contributed by atoms with Crippen molar-refractivity contribution in [3.63, 3.8) is 0 Å².